The van der Waals surface area contributed by atoms with Crippen LogP contribution in [-0.2, 0) is 4.79 Å². The molecule has 0 N–H and O–H groups in total. The zero-order chi connectivity index (χ0) is 17.6. The van der Waals surface area contributed by atoms with Crippen LogP contribution in [0.5, 0.6) is 0 Å². The van der Waals surface area contributed by atoms with Crippen LogP contribution in [0.1, 0.15) is 6.42 Å². The van der Waals surface area contributed by atoms with Gasteiger partial charge >= 0.3 is 0 Å². The summed E-state index contributed by atoms with van der Waals surface area (Å²) in [6.45, 7) is 3.31. The Bertz CT molecular complexity index is 699. The minimum absolute atomic E-state index is 0.163. The summed E-state index contributed by atoms with van der Waals surface area (Å²) >= 11 is 0. The van der Waals surface area contributed by atoms with Crippen LogP contribution in [0, 0.1) is 5.82 Å². The summed E-state index contributed by atoms with van der Waals surface area (Å²) in [5.41, 5.74) is 1.73. The molecule has 1 amide bonds. The highest BCUT2D eigenvalue weighted by atomic mass is 19.1. The van der Waals surface area contributed by atoms with Crippen molar-refractivity contribution in [1.29, 1.82) is 0 Å². The summed E-state index contributed by atoms with van der Waals surface area (Å²) < 4.78 is 13.9. The van der Waals surface area contributed by atoms with E-state index in [2.05, 4.69) is 4.90 Å². The van der Waals surface area contributed by atoms with Gasteiger partial charge in [-0.2, -0.15) is 0 Å². The Kier molecular flexibility index (Phi) is 5.53. The lowest BCUT2D eigenvalue weighted by atomic mass is 10.2. The summed E-state index contributed by atoms with van der Waals surface area (Å²) in [6.07, 6.45) is 0.491. The highest BCUT2D eigenvalue weighted by Crippen LogP contribution is 2.20. The summed E-state index contributed by atoms with van der Waals surface area (Å²) in [5, 5.41) is 0. The van der Waals surface area contributed by atoms with E-state index in [-0.39, 0.29) is 11.7 Å². The third-order valence-electron chi connectivity index (χ3n) is 4.68. The van der Waals surface area contributed by atoms with Crippen LogP contribution in [0.25, 0.3) is 0 Å². The van der Waals surface area contributed by atoms with E-state index in [0.29, 0.717) is 44.8 Å². The maximum atomic E-state index is 13.9. The number of benzene rings is 2. The first-order chi connectivity index (χ1) is 12.1. The second-order valence-corrected chi connectivity index (χ2v) is 6.33. The summed E-state index contributed by atoms with van der Waals surface area (Å²) in [6, 6.07) is 16.9. The van der Waals surface area contributed by atoms with Gasteiger partial charge < -0.3 is 14.7 Å². The van der Waals surface area contributed by atoms with Crippen molar-refractivity contribution in [2.24, 2.45) is 0 Å². The second-order valence-electron chi connectivity index (χ2n) is 6.33. The predicted molar refractivity (Wildman–Crippen MR) is 99.5 cm³/mol. The van der Waals surface area contributed by atoms with E-state index in [4.69, 9.17) is 0 Å². The van der Waals surface area contributed by atoms with Crippen molar-refractivity contribution in [2.75, 3.05) is 49.6 Å². The number of anilines is 2. The Labute approximate surface area is 148 Å². The van der Waals surface area contributed by atoms with Crippen molar-refractivity contribution in [3.63, 3.8) is 0 Å². The van der Waals surface area contributed by atoms with Crippen LogP contribution >= 0.6 is 0 Å². The van der Waals surface area contributed by atoms with Gasteiger partial charge in [-0.3, -0.25) is 4.79 Å². The van der Waals surface area contributed by atoms with Crippen molar-refractivity contribution >= 4 is 17.3 Å². The van der Waals surface area contributed by atoms with Gasteiger partial charge in [-0.05, 0) is 24.3 Å². The fraction of sp³-hybridized carbons (Fsp3) is 0.350. The van der Waals surface area contributed by atoms with Gasteiger partial charge in [0.15, 0.2) is 0 Å². The molecule has 1 saturated heterocycles. The number of hydrogen-bond donors (Lipinski definition) is 0. The monoisotopic (exact) mass is 341 g/mol. The molecule has 0 unspecified atom stereocenters. The number of rotatable bonds is 5. The molecule has 2 aromatic rings. The lowest BCUT2D eigenvalue weighted by Crippen LogP contribution is -2.49. The standard InChI is InChI=1S/C20H24FN3O/c1-22(17-7-3-2-4-8-17)12-11-20(25)24-15-13-23(14-16-24)19-10-6-5-9-18(19)21/h2-10H,11-16H2,1H3. The van der Waals surface area contributed by atoms with Crippen LogP contribution < -0.4 is 9.80 Å². The first kappa shape index (κ1) is 17.3. The fourth-order valence-electron chi connectivity index (χ4n) is 3.14. The van der Waals surface area contributed by atoms with E-state index in [1.807, 2.05) is 53.2 Å². The van der Waals surface area contributed by atoms with Crippen molar-refractivity contribution in [3.05, 3.63) is 60.4 Å². The van der Waals surface area contributed by atoms with Crippen molar-refractivity contribution in [2.45, 2.75) is 6.42 Å². The maximum Gasteiger partial charge on any atom is 0.224 e. The molecule has 0 aliphatic carbocycles. The predicted octanol–water partition coefficient (Wildman–Crippen LogP) is 3.00. The van der Waals surface area contributed by atoms with Gasteiger partial charge in [0.05, 0.1) is 5.69 Å². The molecule has 0 radical (unpaired) electrons. The van der Waals surface area contributed by atoms with Crippen LogP contribution in [-0.4, -0.2) is 50.6 Å². The first-order valence-corrected chi connectivity index (χ1v) is 8.68. The molecule has 0 spiro atoms. The Balaban J connectivity index is 1.48. The topological polar surface area (TPSA) is 26.8 Å². The first-order valence-electron chi connectivity index (χ1n) is 8.68. The van der Waals surface area contributed by atoms with Gasteiger partial charge in [0, 0.05) is 51.9 Å². The molecule has 4 nitrogen and oxygen atoms in total. The molecule has 0 bridgehead atoms. The molecule has 132 valence electrons. The third-order valence-corrected chi connectivity index (χ3v) is 4.68. The molecule has 0 saturated carbocycles. The molecule has 1 heterocycles. The third kappa shape index (κ3) is 4.29. The van der Waals surface area contributed by atoms with Gasteiger partial charge in [-0.1, -0.05) is 30.3 Å². The smallest absolute Gasteiger partial charge is 0.224 e. The SMILES string of the molecule is CN(CCC(=O)N1CCN(c2ccccc2F)CC1)c1ccccc1. The molecule has 25 heavy (non-hydrogen) atoms. The average Bonchev–Trinajstić information content (AvgIpc) is 2.67. The Morgan fingerprint density at radius 1 is 1.00 bits per heavy atom. The zero-order valence-electron chi connectivity index (χ0n) is 14.6. The van der Waals surface area contributed by atoms with Crippen LogP contribution in [0.2, 0.25) is 0 Å². The number of amides is 1. The number of carbonyl (C=O) groups is 1. The van der Waals surface area contributed by atoms with Gasteiger partial charge in [0.1, 0.15) is 5.82 Å². The molecular formula is C20H24FN3O. The quantitative estimate of drug-likeness (QED) is 0.836. The normalized spacial score (nSPS) is 14.5. The number of piperazine rings is 1. The van der Waals surface area contributed by atoms with Crippen molar-refractivity contribution in [3.8, 4) is 0 Å². The van der Waals surface area contributed by atoms with E-state index in [9.17, 15) is 9.18 Å². The molecular weight excluding hydrogens is 317 g/mol. The van der Waals surface area contributed by atoms with E-state index in [1.165, 1.54) is 6.07 Å². The number of hydrogen-bond acceptors (Lipinski definition) is 3. The van der Waals surface area contributed by atoms with E-state index < -0.39 is 0 Å². The molecule has 2 aromatic carbocycles. The van der Waals surface area contributed by atoms with Crippen LogP contribution in [0.4, 0.5) is 15.8 Å². The minimum Gasteiger partial charge on any atom is -0.374 e. The lowest BCUT2D eigenvalue weighted by molar-refractivity contribution is -0.131. The summed E-state index contributed by atoms with van der Waals surface area (Å²) in [7, 11) is 2.00. The molecule has 0 aromatic heterocycles. The molecule has 1 aliphatic rings. The molecule has 1 aliphatic heterocycles. The van der Waals surface area contributed by atoms with Gasteiger partial charge in [-0.25, -0.2) is 4.39 Å². The van der Waals surface area contributed by atoms with E-state index in [1.54, 1.807) is 12.1 Å². The van der Waals surface area contributed by atoms with Crippen molar-refractivity contribution < 1.29 is 9.18 Å². The number of nitrogens with zero attached hydrogens (tertiary/aromatic N) is 3. The zero-order valence-corrected chi connectivity index (χ0v) is 14.6. The minimum atomic E-state index is -0.202. The Morgan fingerprint density at radius 3 is 2.32 bits per heavy atom. The van der Waals surface area contributed by atoms with E-state index in [0.717, 1.165) is 5.69 Å². The summed E-state index contributed by atoms with van der Waals surface area (Å²) in [4.78, 5) is 18.4. The lowest BCUT2D eigenvalue weighted by Gasteiger charge is -2.36. The number of halogens is 1. The van der Waals surface area contributed by atoms with Gasteiger partial charge in [-0.15, -0.1) is 0 Å². The molecule has 1 fully saturated rings. The largest absolute Gasteiger partial charge is 0.374 e. The van der Waals surface area contributed by atoms with Crippen LogP contribution in [0.3, 0.4) is 0 Å². The Hall–Kier alpha value is -2.56. The highest BCUT2D eigenvalue weighted by molar-refractivity contribution is 5.77. The maximum absolute atomic E-state index is 13.9. The highest BCUT2D eigenvalue weighted by Gasteiger charge is 2.22. The van der Waals surface area contributed by atoms with Gasteiger partial charge in [0.2, 0.25) is 5.91 Å². The molecule has 5 heteroatoms. The number of para-hydroxylation sites is 2. The summed E-state index contributed by atoms with van der Waals surface area (Å²) in [5.74, 6) is -0.0391. The van der Waals surface area contributed by atoms with Crippen LogP contribution in [0.15, 0.2) is 54.6 Å². The second kappa shape index (κ2) is 8.01. The Morgan fingerprint density at radius 2 is 1.64 bits per heavy atom. The van der Waals surface area contributed by atoms with Crippen molar-refractivity contribution in [1.82, 2.24) is 4.90 Å². The van der Waals surface area contributed by atoms with Gasteiger partial charge in [0.25, 0.3) is 0 Å². The average molecular weight is 341 g/mol. The molecule has 3 rings (SSSR count). The number of carbonyl (C=O) groups excluding carboxylic acids is 1. The molecule has 0 atom stereocenters. The fourth-order valence-corrected chi connectivity index (χ4v) is 3.14. The van der Waals surface area contributed by atoms with E-state index >= 15 is 0 Å².